The Hall–Kier alpha value is -2.54. The Morgan fingerprint density at radius 2 is 1.63 bits per heavy atom. The number of hydrogen-bond donors (Lipinski definition) is 0. The molecule has 4 rings (SSSR count). The van der Waals surface area contributed by atoms with Gasteiger partial charge in [0.15, 0.2) is 0 Å². The molecule has 1 aliphatic rings. The van der Waals surface area contributed by atoms with E-state index in [0.717, 1.165) is 32.7 Å². The Morgan fingerprint density at radius 1 is 0.933 bits per heavy atom. The zero-order valence-corrected chi connectivity index (χ0v) is 17.9. The summed E-state index contributed by atoms with van der Waals surface area (Å²) in [5, 5.41) is 5.15. The van der Waals surface area contributed by atoms with Crippen molar-refractivity contribution in [3.05, 3.63) is 81.2 Å². The SMILES string of the molecule is O=c1c(Cl)c(N2CCN(CCOc3ccccc3Cl)CC2)cnn1-c1ccccc1. The van der Waals surface area contributed by atoms with Crippen molar-refractivity contribution >= 4 is 28.9 Å². The maximum absolute atomic E-state index is 12.7. The number of rotatable bonds is 6. The molecule has 30 heavy (non-hydrogen) atoms. The van der Waals surface area contributed by atoms with Crippen molar-refractivity contribution in [1.82, 2.24) is 14.7 Å². The number of para-hydroxylation sites is 2. The molecular formula is C22H22Cl2N4O2. The number of ether oxygens (including phenoxy) is 1. The van der Waals surface area contributed by atoms with E-state index in [1.807, 2.05) is 54.6 Å². The second kappa shape index (κ2) is 9.51. The lowest BCUT2D eigenvalue weighted by atomic mass is 10.2. The molecule has 1 aliphatic heterocycles. The lowest BCUT2D eigenvalue weighted by Gasteiger charge is -2.36. The third kappa shape index (κ3) is 4.61. The molecule has 1 aromatic heterocycles. The van der Waals surface area contributed by atoms with Gasteiger partial charge in [-0.15, -0.1) is 0 Å². The summed E-state index contributed by atoms with van der Waals surface area (Å²) in [6.07, 6.45) is 1.67. The molecule has 1 fully saturated rings. The van der Waals surface area contributed by atoms with Crippen LogP contribution in [0.1, 0.15) is 0 Å². The van der Waals surface area contributed by atoms with Crippen LogP contribution >= 0.6 is 23.2 Å². The normalized spacial score (nSPS) is 14.7. The summed E-state index contributed by atoms with van der Waals surface area (Å²) >= 11 is 12.5. The minimum Gasteiger partial charge on any atom is -0.491 e. The molecule has 0 saturated carbocycles. The Balaban J connectivity index is 1.34. The number of hydrogen-bond acceptors (Lipinski definition) is 5. The fourth-order valence-electron chi connectivity index (χ4n) is 3.46. The highest BCUT2D eigenvalue weighted by Crippen LogP contribution is 2.24. The van der Waals surface area contributed by atoms with E-state index in [0.29, 0.717) is 28.8 Å². The molecule has 0 bridgehead atoms. The number of halogens is 2. The van der Waals surface area contributed by atoms with Crippen molar-refractivity contribution < 1.29 is 4.74 Å². The first kappa shape index (κ1) is 20.7. The van der Waals surface area contributed by atoms with Crippen LogP contribution in [-0.4, -0.2) is 54.0 Å². The summed E-state index contributed by atoms with van der Waals surface area (Å²) in [6.45, 7) is 4.61. The van der Waals surface area contributed by atoms with Crippen LogP contribution in [0.2, 0.25) is 10.0 Å². The predicted octanol–water partition coefficient (Wildman–Crippen LogP) is 3.74. The van der Waals surface area contributed by atoms with Gasteiger partial charge in [0.2, 0.25) is 0 Å². The Kier molecular flexibility index (Phi) is 6.57. The second-order valence-electron chi connectivity index (χ2n) is 7.00. The summed E-state index contributed by atoms with van der Waals surface area (Å²) in [6, 6.07) is 16.7. The zero-order chi connectivity index (χ0) is 20.9. The smallest absolute Gasteiger partial charge is 0.292 e. The van der Waals surface area contributed by atoms with E-state index in [4.69, 9.17) is 27.9 Å². The highest BCUT2D eigenvalue weighted by atomic mass is 35.5. The summed E-state index contributed by atoms with van der Waals surface area (Å²) in [7, 11) is 0. The molecule has 0 spiro atoms. The Morgan fingerprint density at radius 3 is 2.37 bits per heavy atom. The summed E-state index contributed by atoms with van der Waals surface area (Å²) < 4.78 is 7.11. The van der Waals surface area contributed by atoms with Gasteiger partial charge in [-0.1, -0.05) is 53.5 Å². The number of aromatic nitrogens is 2. The molecule has 0 N–H and O–H groups in total. The van der Waals surface area contributed by atoms with E-state index in [2.05, 4.69) is 14.9 Å². The summed E-state index contributed by atoms with van der Waals surface area (Å²) in [4.78, 5) is 17.1. The van der Waals surface area contributed by atoms with Gasteiger partial charge in [0.25, 0.3) is 5.56 Å². The first-order valence-electron chi connectivity index (χ1n) is 9.81. The van der Waals surface area contributed by atoms with Gasteiger partial charge >= 0.3 is 0 Å². The van der Waals surface area contributed by atoms with Crippen molar-refractivity contribution in [2.24, 2.45) is 0 Å². The van der Waals surface area contributed by atoms with Crippen LogP contribution < -0.4 is 15.2 Å². The van der Waals surface area contributed by atoms with Gasteiger partial charge in [-0.05, 0) is 24.3 Å². The zero-order valence-electron chi connectivity index (χ0n) is 16.4. The van der Waals surface area contributed by atoms with Gasteiger partial charge < -0.3 is 9.64 Å². The number of anilines is 1. The van der Waals surface area contributed by atoms with E-state index < -0.39 is 0 Å². The van der Waals surface area contributed by atoms with Crippen LogP contribution in [0.4, 0.5) is 5.69 Å². The van der Waals surface area contributed by atoms with Gasteiger partial charge in [0, 0.05) is 32.7 Å². The first-order valence-corrected chi connectivity index (χ1v) is 10.6. The standard InChI is InChI=1S/C22H22Cl2N4O2/c23-18-8-4-5-9-20(18)30-15-14-26-10-12-27(13-11-26)19-16-25-28(22(29)21(19)24)17-6-2-1-3-7-17/h1-9,16H,10-15H2. The van der Waals surface area contributed by atoms with Gasteiger partial charge in [-0.2, -0.15) is 9.78 Å². The average molecular weight is 445 g/mol. The number of benzene rings is 2. The summed E-state index contributed by atoms with van der Waals surface area (Å²) in [5.74, 6) is 0.703. The molecule has 0 aliphatic carbocycles. The highest BCUT2D eigenvalue weighted by molar-refractivity contribution is 6.33. The molecule has 3 aromatic rings. The van der Waals surface area contributed by atoms with E-state index in [1.165, 1.54) is 4.68 Å². The monoisotopic (exact) mass is 444 g/mol. The number of piperazine rings is 1. The molecule has 8 heteroatoms. The van der Waals surface area contributed by atoms with Gasteiger partial charge in [-0.3, -0.25) is 9.69 Å². The molecule has 0 atom stereocenters. The van der Waals surface area contributed by atoms with Crippen molar-refractivity contribution in [2.45, 2.75) is 0 Å². The lowest BCUT2D eigenvalue weighted by Crippen LogP contribution is -2.48. The molecule has 156 valence electrons. The summed E-state index contributed by atoms with van der Waals surface area (Å²) in [5.41, 5.74) is 1.07. The van der Waals surface area contributed by atoms with Gasteiger partial charge in [0.1, 0.15) is 17.4 Å². The second-order valence-corrected chi connectivity index (χ2v) is 7.79. The molecule has 0 unspecified atom stereocenters. The topological polar surface area (TPSA) is 50.6 Å². The van der Waals surface area contributed by atoms with Crippen molar-refractivity contribution in [1.29, 1.82) is 0 Å². The highest BCUT2D eigenvalue weighted by Gasteiger charge is 2.21. The minimum absolute atomic E-state index is 0.198. The molecular weight excluding hydrogens is 423 g/mol. The lowest BCUT2D eigenvalue weighted by molar-refractivity contribution is 0.200. The van der Waals surface area contributed by atoms with E-state index in [9.17, 15) is 4.79 Å². The molecule has 2 heterocycles. The quantitative estimate of drug-likeness (QED) is 0.579. The maximum atomic E-state index is 12.7. The molecule has 0 amide bonds. The maximum Gasteiger partial charge on any atom is 0.292 e. The molecule has 6 nitrogen and oxygen atoms in total. The Labute approximate surface area is 185 Å². The van der Waals surface area contributed by atoms with Gasteiger partial charge in [0.05, 0.1) is 22.6 Å². The van der Waals surface area contributed by atoms with Crippen LogP contribution in [0.15, 0.2) is 65.6 Å². The third-order valence-corrected chi connectivity index (χ3v) is 5.78. The van der Waals surface area contributed by atoms with Crippen LogP contribution in [0.3, 0.4) is 0 Å². The first-order chi connectivity index (χ1) is 14.6. The Bertz CT molecular complexity index is 1050. The fraction of sp³-hybridized carbons (Fsp3) is 0.273. The van der Waals surface area contributed by atoms with E-state index >= 15 is 0 Å². The largest absolute Gasteiger partial charge is 0.491 e. The number of nitrogens with zero attached hydrogens (tertiary/aromatic N) is 4. The van der Waals surface area contributed by atoms with Crippen LogP contribution in [-0.2, 0) is 0 Å². The van der Waals surface area contributed by atoms with Crippen LogP contribution in [0, 0.1) is 0 Å². The average Bonchev–Trinajstić information content (AvgIpc) is 2.78. The van der Waals surface area contributed by atoms with E-state index in [1.54, 1.807) is 6.20 Å². The third-order valence-electron chi connectivity index (χ3n) is 5.12. The minimum atomic E-state index is -0.309. The molecule has 1 saturated heterocycles. The van der Waals surface area contributed by atoms with Crippen LogP contribution in [0.5, 0.6) is 5.75 Å². The molecule has 0 radical (unpaired) electrons. The van der Waals surface area contributed by atoms with E-state index in [-0.39, 0.29) is 10.6 Å². The van der Waals surface area contributed by atoms with Crippen molar-refractivity contribution in [3.63, 3.8) is 0 Å². The van der Waals surface area contributed by atoms with Crippen molar-refractivity contribution in [2.75, 3.05) is 44.2 Å². The van der Waals surface area contributed by atoms with Crippen LogP contribution in [0.25, 0.3) is 5.69 Å². The fourth-order valence-corrected chi connectivity index (χ4v) is 3.90. The van der Waals surface area contributed by atoms with Crippen molar-refractivity contribution in [3.8, 4) is 11.4 Å². The van der Waals surface area contributed by atoms with Gasteiger partial charge in [-0.25, -0.2) is 0 Å². The molecule has 2 aromatic carbocycles. The predicted molar refractivity (Wildman–Crippen MR) is 120 cm³/mol.